The van der Waals surface area contributed by atoms with Crippen LogP contribution in [0.3, 0.4) is 0 Å². The lowest BCUT2D eigenvalue weighted by Crippen LogP contribution is -2.49. The first-order valence-electron chi connectivity index (χ1n) is 10.6. The van der Waals surface area contributed by atoms with E-state index in [0.29, 0.717) is 12.8 Å². The van der Waals surface area contributed by atoms with E-state index in [9.17, 15) is 13.2 Å². The molecule has 4 rings (SSSR count). The summed E-state index contributed by atoms with van der Waals surface area (Å²) in [5.41, 5.74) is 0.966. The van der Waals surface area contributed by atoms with Gasteiger partial charge in [-0.1, -0.05) is 48.5 Å². The standard InChI is InChI=1S/C23H29N3O3S/c1-25-15-14-20(17-25)24-23(27)19-12-13-22(18-8-4-2-5-9-18)26(16-19)30(28,29)21-10-6-3-7-11-21/h2-11,19-20,22H,12-17H2,1H3,(H,24,27)/t19-,20?,22-/m1/s1. The Morgan fingerprint density at radius 1 is 0.933 bits per heavy atom. The van der Waals surface area contributed by atoms with E-state index in [-0.39, 0.29) is 35.3 Å². The number of piperidine rings is 1. The highest BCUT2D eigenvalue weighted by Gasteiger charge is 2.40. The van der Waals surface area contributed by atoms with E-state index in [1.807, 2.05) is 37.4 Å². The van der Waals surface area contributed by atoms with Crippen molar-refractivity contribution in [2.24, 2.45) is 5.92 Å². The van der Waals surface area contributed by atoms with Gasteiger partial charge < -0.3 is 10.2 Å². The molecule has 160 valence electrons. The summed E-state index contributed by atoms with van der Waals surface area (Å²) in [6, 6.07) is 18.1. The van der Waals surface area contributed by atoms with Crippen molar-refractivity contribution in [3.8, 4) is 0 Å². The summed E-state index contributed by atoms with van der Waals surface area (Å²) in [4.78, 5) is 15.4. The van der Waals surface area contributed by atoms with Crippen LogP contribution in [0, 0.1) is 5.92 Å². The van der Waals surface area contributed by atoms with Crippen molar-refractivity contribution in [3.63, 3.8) is 0 Å². The molecule has 2 heterocycles. The van der Waals surface area contributed by atoms with Crippen LogP contribution >= 0.6 is 0 Å². The highest BCUT2D eigenvalue weighted by Crippen LogP contribution is 2.37. The van der Waals surface area contributed by atoms with Gasteiger partial charge >= 0.3 is 0 Å². The van der Waals surface area contributed by atoms with Crippen LogP contribution in [0.5, 0.6) is 0 Å². The molecule has 2 aromatic rings. The molecule has 2 aromatic carbocycles. The summed E-state index contributed by atoms with van der Waals surface area (Å²) < 4.78 is 28.6. The van der Waals surface area contributed by atoms with Gasteiger partial charge in [-0.25, -0.2) is 8.42 Å². The number of hydrogen-bond donors (Lipinski definition) is 1. The van der Waals surface area contributed by atoms with Gasteiger partial charge in [0.1, 0.15) is 0 Å². The fraction of sp³-hybridized carbons (Fsp3) is 0.435. The van der Waals surface area contributed by atoms with E-state index in [0.717, 1.165) is 25.1 Å². The quantitative estimate of drug-likeness (QED) is 0.797. The first-order chi connectivity index (χ1) is 14.4. The van der Waals surface area contributed by atoms with Gasteiger partial charge in [-0.2, -0.15) is 4.31 Å². The van der Waals surface area contributed by atoms with Gasteiger partial charge in [-0.3, -0.25) is 4.79 Å². The average molecular weight is 428 g/mol. The molecule has 6 nitrogen and oxygen atoms in total. The molecule has 2 fully saturated rings. The molecule has 0 aromatic heterocycles. The second-order valence-corrected chi connectivity index (χ2v) is 10.2. The highest BCUT2D eigenvalue weighted by atomic mass is 32.2. The first-order valence-corrected chi connectivity index (χ1v) is 12.0. The van der Waals surface area contributed by atoms with Gasteiger partial charge in [-0.15, -0.1) is 0 Å². The van der Waals surface area contributed by atoms with Gasteiger partial charge in [0.2, 0.25) is 15.9 Å². The van der Waals surface area contributed by atoms with Crippen LogP contribution in [0.1, 0.15) is 30.9 Å². The average Bonchev–Trinajstić information content (AvgIpc) is 3.19. The number of nitrogens with zero attached hydrogens (tertiary/aromatic N) is 2. The third-order valence-electron chi connectivity index (χ3n) is 6.18. The summed E-state index contributed by atoms with van der Waals surface area (Å²) >= 11 is 0. The van der Waals surface area contributed by atoms with Gasteiger partial charge in [0.25, 0.3) is 0 Å². The fourth-order valence-corrected chi connectivity index (χ4v) is 6.24. The molecule has 3 atom stereocenters. The number of sulfonamides is 1. The molecule has 1 amide bonds. The molecule has 0 bridgehead atoms. The van der Waals surface area contributed by atoms with Crippen LogP contribution in [0.2, 0.25) is 0 Å². The molecular formula is C23H29N3O3S. The Labute approximate surface area is 178 Å². The largest absolute Gasteiger partial charge is 0.352 e. The van der Waals surface area contributed by atoms with Crippen LogP contribution in [-0.4, -0.2) is 56.3 Å². The lowest BCUT2D eigenvalue weighted by molar-refractivity contribution is -0.127. The van der Waals surface area contributed by atoms with Gasteiger partial charge in [0.15, 0.2) is 0 Å². The van der Waals surface area contributed by atoms with Crippen LogP contribution in [-0.2, 0) is 14.8 Å². The zero-order valence-electron chi connectivity index (χ0n) is 17.3. The van der Waals surface area contributed by atoms with Gasteiger partial charge in [-0.05, 0) is 50.6 Å². The molecule has 0 radical (unpaired) electrons. The first kappa shape index (κ1) is 21.0. The number of nitrogens with one attached hydrogen (secondary N) is 1. The van der Waals surface area contributed by atoms with E-state index >= 15 is 0 Å². The van der Waals surface area contributed by atoms with Crippen LogP contribution in [0.4, 0.5) is 0 Å². The number of likely N-dealkylation sites (tertiary alicyclic amines) is 1. The molecule has 30 heavy (non-hydrogen) atoms. The summed E-state index contributed by atoms with van der Waals surface area (Å²) in [6.07, 6.45) is 2.24. The highest BCUT2D eigenvalue weighted by molar-refractivity contribution is 7.89. The number of amides is 1. The van der Waals surface area contributed by atoms with Crippen molar-refractivity contribution in [2.75, 3.05) is 26.7 Å². The zero-order valence-corrected chi connectivity index (χ0v) is 18.1. The predicted molar refractivity (Wildman–Crippen MR) is 116 cm³/mol. The van der Waals surface area contributed by atoms with E-state index in [1.165, 1.54) is 4.31 Å². The van der Waals surface area contributed by atoms with Crippen molar-refractivity contribution in [1.29, 1.82) is 0 Å². The molecule has 1 unspecified atom stereocenters. The van der Waals surface area contributed by atoms with E-state index < -0.39 is 10.0 Å². The van der Waals surface area contributed by atoms with Gasteiger partial charge in [0, 0.05) is 19.1 Å². The molecule has 2 saturated heterocycles. The molecule has 2 aliphatic heterocycles. The maximum absolute atomic E-state index is 13.5. The summed E-state index contributed by atoms with van der Waals surface area (Å²) in [5.74, 6) is -0.371. The minimum Gasteiger partial charge on any atom is -0.352 e. The van der Waals surface area contributed by atoms with E-state index in [4.69, 9.17) is 0 Å². The Balaban J connectivity index is 1.58. The predicted octanol–water partition coefficient (Wildman–Crippen LogP) is 2.65. The maximum Gasteiger partial charge on any atom is 0.243 e. The van der Waals surface area contributed by atoms with E-state index in [2.05, 4.69) is 10.2 Å². The Morgan fingerprint density at radius 2 is 1.60 bits per heavy atom. The smallest absolute Gasteiger partial charge is 0.243 e. The number of likely N-dealkylation sites (N-methyl/N-ethyl adjacent to an activating group) is 1. The number of carbonyl (C=O) groups excluding carboxylic acids is 1. The number of benzene rings is 2. The van der Waals surface area contributed by atoms with Gasteiger partial charge in [0.05, 0.1) is 16.9 Å². The fourth-order valence-electron chi connectivity index (χ4n) is 4.53. The topological polar surface area (TPSA) is 69.7 Å². The molecule has 0 aliphatic carbocycles. The summed E-state index contributed by atoms with van der Waals surface area (Å²) in [5, 5.41) is 3.14. The van der Waals surface area contributed by atoms with Crippen LogP contribution in [0.25, 0.3) is 0 Å². The minimum atomic E-state index is -3.72. The second kappa shape index (κ2) is 8.88. The third-order valence-corrected chi connectivity index (χ3v) is 8.07. The number of rotatable bonds is 5. The van der Waals surface area contributed by atoms with Crippen LogP contribution in [0.15, 0.2) is 65.6 Å². The molecule has 2 aliphatic rings. The monoisotopic (exact) mass is 427 g/mol. The second-order valence-electron chi connectivity index (χ2n) is 8.34. The Hall–Kier alpha value is -2.22. The van der Waals surface area contributed by atoms with Crippen molar-refractivity contribution in [1.82, 2.24) is 14.5 Å². The van der Waals surface area contributed by atoms with Crippen molar-refractivity contribution >= 4 is 15.9 Å². The zero-order chi connectivity index (χ0) is 21.1. The summed E-state index contributed by atoms with van der Waals surface area (Å²) in [7, 11) is -1.67. The third kappa shape index (κ3) is 4.43. The molecule has 1 N–H and O–H groups in total. The number of hydrogen-bond acceptors (Lipinski definition) is 4. The lowest BCUT2D eigenvalue weighted by Gasteiger charge is -2.38. The minimum absolute atomic E-state index is 0.0323. The molecular weight excluding hydrogens is 398 g/mol. The SMILES string of the molecule is CN1CCC(NC(=O)[C@@H]2CC[C@H](c3ccccc3)N(S(=O)(=O)c3ccccc3)C2)C1. The Bertz CT molecular complexity index is 966. The molecule has 0 saturated carbocycles. The maximum atomic E-state index is 13.5. The normalized spacial score (nSPS) is 25.8. The summed E-state index contributed by atoms with van der Waals surface area (Å²) in [6.45, 7) is 2.02. The lowest BCUT2D eigenvalue weighted by atomic mass is 9.90. The Kier molecular flexibility index (Phi) is 6.22. The van der Waals surface area contributed by atoms with Crippen molar-refractivity contribution in [3.05, 3.63) is 66.2 Å². The van der Waals surface area contributed by atoms with Crippen LogP contribution < -0.4 is 5.32 Å². The van der Waals surface area contributed by atoms with Crippen molar-refractivity contribution < 1.29 is 13.2 Å². The number of carbonyl (C=O) groups is 1. The Morgan fingerprint density at radius 3 is 2.23 bits per heavy atom. The molecule has 0 spiro atoms. The molecule has 7 heteroatoms. The van der Waals surface area contributed by atoms with E-state index in [1.54, 1.807) is 30.3 Å². The van der Waals surface area contributed by atoms with Crippen molar-refractivity contribution in [2.45, 2.75) is 36.2 Å².